The van der Waals surface area contributed by atoms with E-state index in [4.69, 9.17) is 0 Å². The maximum absolute atomic E-state index is 12.6. The van der Waals surface area contributed by atoms with Crippen LogP contribution in [0.1, 0.15) is 18.4 Å². The van der Waals surface area contributed by atoms with E-state index < -0.39 is 0 Å². The SMILES string of the molecule is O=C1[C@@H]2[C@H](C(=O)N1/N=C\c1cc(Br)c(O)cc1O)[C@H]1C=C[C@H]2CC1. The van der Waals surface area contributed by atoms with Gasteiger partial charge in [-0.25, -0.2) is 0 Å². The van der Waals surface area contributed by atoms with Crippen LogP contribution in [0.4, 0.5) is 0 Å². The second-order valence-corrected chi connectivity index (χ2v) is 7.29. The van der Waals surface area contributed by atoms with E-state index in [0.717, 1.165) is 17.9 Å². The molecule has 1 aliphatic heterocycles. The molecule has 2 amide bonds. The number of aromatic hydroxyl groups is 2. The Balaban J connectivity index is 1.63. The summed E-state index contributed by atoms with van der Waals surface area (Å²) in [5, 5.41) is 24.3. The standard InChI is InChI=1S/C17H15BrN2O4/c18-11-5-10(12(21)6-13(11)22)7-19-20-16(23)14-8-1-2-9(4-3-8)15(14)17(20)24/h1-2,5-9,14-15,21-22H,3-4H2/b19-7-/t8-,9-,14-,15+/m0/s1. The van der Waals surface area contributed by atoms with Crippen molar-refractivity contribution in [3.05, 3.63) is 34.3 Å². The van der Waals surface area contributed by atoms with Crippen LogP contribution < -0.4 is 0 Å². The van der Waals surface area contributed by atoms with Crippen LogP contribution >= 0.6 is 15.9 Å². The fraction of sp³-hybridized carbons (Fsp3) is 0.353. The molecule has 0 aromatic heterocycles. The number of hydrogen-bond donors (Lipinski definition) is 2. The molecule has 0 spiro atoms. The van der Waals surface area contributed by atoms with Gasteiger partial charge in [-0.3, -0.25) is 9.59 Å². The molecule has 24 heavy (non-hydrogen) atoms. The molecule has 0 radical (unpaired) electrons. The number of carbonyl (C=O) groups excluding carboxylic acids is 2. The molecule has 1 saturated heterocycles. The highest BCUT2D eigenvalue weighted by Crippen LogP contribution is 2.49. The molecule has 2 fully saturated rings. The normalized spacial score (nSPS) is 31.3. The Morgan fingerprint density at radius 3 is 2.17 bits per heavy atom. The minimum Gasteiger partial charge on any atom is -0.507 e. The highest BCUT2D eigenvalue weighted by atomic mass is 79.9. The van der Waals surface area contributed by atoms with Gasteiger partial charge in [-0.05, 0) is 46.7 Å². The van der Waals surface area contributed by atoms with Gasteiger partial charge in [0.15, 0.2) is 0 Å². The molecule has 1 aromatic carbocycles. The summed E-state index contributed by atoms with van der Waals surface area (Å²) in [7, 11) is 0. The first kappa shape index (κ1) is 15.4. The molecule has 2 bridgehead atoms. The molecule has 2 N–H and O–H groups in total. The largest absolute Gasteiger partial charge is 0.507 e. The topological polar surface area (TPSA) is 90.2 Å². The van der Waals surface area contributed by atoms with E-state index in [9.17, 15) is 19.8 Å². The van der Waals surface area contributed by atoms with E-state index in [0.29, 0.717) is 10.0 Å². The fourth-order valence-electron chi connectivity index (χ4n) is 3.96. The van der Waals surface area contributed by atoms with Crippen molar-refractivity contribution in [2.75, 3.05) is 0 Å². The number of imide groups is 1. The minimum absolute atomic E-state index is 0.105. The number of hydrazone groups is 1. The Kier molecular flexibility index (Phi) is 3.49. The zero-order valence-electron chi connectivity index (χ0n) is 12.6. The molecule has 6 nitrogen and oxygen atoms in total. The van der Waals surface area contributed by atoms with Gasteiger partial charge in [0, 0.05) is 11.6 Å². The number of halogens is 1. The summed E-state index contributed by atoms with van der Waals surface area (Å²) in [5.41, 5.74) is 0.302. The number of phenols is 2. The van der Waals surface area contributed by atoms with Gasteiger partial charge in [-0.15, -0.1) is 0 Å². The average molecular weight is 391 g/mol. The van der Waals surface area contributed by atoms with Crippen LogP contribution in [0.3, 0.4) is 0 Å². The second kappa shape index (κ2) is 5.44. The summed E-state index contributed by atoms with van der Waals surface area (Å²) in [6.07, 6.45) is 7.24. The van der Waals surface area contributed by atoms with Crippen LogP contribution in [0.5, 0.6) is 11.5 Å². The molecular formula is C17H15BrN2O4. The lowest BCUT2D eigenvalue weighted by molar-refractivity contribution is -0.140. The Morgan fingerprint density at radius 2 is 1.62 bits per heavy atom. The molecule has 7 heteroatoms. The predicted molar refractivity (Wildman–Crippen MR) is 89.3 cm³/mol. The van der Waals surface area contributed by atoms with Gasteiger partial charge in [-0.2, -0.15) is 10.1 Å². The van der Waals surface area contributed by atoms with Crippen molar-refractivity contribution in [2.24, 2.45) is 28.8 Å². The molecule has 1 aromatic rings. The average Bonchev–Trinajstić information content (AvgIpc) is 2.84. The quantitative estimate of drug-likeness (QED) is 0.460. The predicted octanol–water partition coefficient (Wildman–Crippen LogP) is 2.39. The second-order valence-electron chi connectivity index (χ2n) is 6.44. The summed E-state index contributed by atoms with van der Waals surface area (Å²) < 4.78 is 0.386. The van der Waals surface area contributed by atoms with Gasteiger partial charge in [0.2, 0.25) is 0 Å². The number of rotatable bonds is 2. The van der Waals surface area contributed by atoms with Crippen LogP contribution in [0.25, 0.3) is 0 Å². The molecule has 0 unspecified atom stereocenters. The highest BCUT2D eigenvalue weighted by Gasteiger charge is 2.56. The van der Waals surface area contributed by atoms with E-state index in [-0.39, 0.29) is 47.0 Å². The molecular weight excluding hydrogens is 376 g/mol. The molecule has 4 aliphatic rings. The maximum atomic E-state index is 12.6. The van der Waals surface area contributed by atoms with Crippen molar-refractivity contribution in [1.82, 2.24) is 5.01 Å². The van der Waals surface area contributed by atoms with Crippen molar-refractivity contribution in [3.63, 3.8) is 0 Å². The van der Waals surface area contributed by atoms with Crippen molar-refractivity contribution in [1.29, 1.82) is 0 Å². The lowest BCUT2D eigenvalue weighted by Gasteiger charge is -2.37. The number of benzene rings is 1. The van der Waals surface area contributed by atoms with E-state index in [1.807, 2.05) is 0 Å². The highest BCUT2D eigenvalue weighted by molar-refractivity contribution is 9.10. The third-order valence-corrected chi connectivity index (χ3v) is 5.78. The van der Waals surface area contributed by atoms with Gasteiger partial charge in [0.25, 0.3) is 11.8 Å². The zero-order valence-corrected chi connectivity index (χ0v) is 14.2. The summed E-state index contributed by atoms with van der Waals surface area (Å²) in [4.78, 5) is 25.2. The van der Waals surface area contributed by atoms with Crippen molar-refractivity contribution >= 4 is 34.0 Å². The lowest BCUT2D eigenvalue weighted by atomic mass is 9.63. The third kappa shape index (κ3) is 2.18. The van der Waals surface area contributed by atoms with Crippen LogP contribution in [0.2, 0.25) is 0 Å². The Morgan fingerprint density at radius 1 is 1.04 bits per heavy atom. The Labute approximate surface area is 146 Å². The number of amides is 2. The third-order valence-electron chi connectivity index (χ3n) is 5.14. The molecule has 1 heterocycles. The first-order valence-corrected chi connectivity index (χ1v) is 8.58. The zero-order chi connectivity index (χ0) is 17.0. The first-order valence-electron chi connectivity index (χ1n) is 7.79. The number of phenolic OH excluding ortho intramolecular Hbond substituents is 2. The Hall–Kier alpha value is -2.15. The number of fused-ring (bicyclic) bond motifs is 1. The first-order chi connectivity index (χ1) is 11.5. The fourth-order valence-corrected chi connectivity index (χ4v) is 4.32. The van der Waals surface area contributed by atoms with Gasteiger partial charge in [-0.1, -0.05) is 12.2 Å². The van der Waals surface area contributed by atoms with Crippen LogP contribution in [-0.4, -0.2) is 33.3 Å². The van der Waals surface area contributed by atoms with Crippen LogP contribution in [0.15, 0.2) is 33.9 Å². The molecule has 5 rings (SSSR count). The molecule has 124 valence electrons. The van der Waals surface area contributed by atoms with E-state index >= 15 is 0 Å². The molecule has 1 saturated carbocycles. The number of nitrogens with zero attached hydrogens (tertiary/aromatic N) is 2. The van der Waals surface area contributed by atoms with E-state index in [1.54, 1.807) is 0 Å². The molecule has 4 atom stereocenters. The van der Waals surface area contributed by atoms with Crippen molar-refractivity contribution in [2.45, 2.75) is 12.8 Å². The summed E-state index contributed by atoms with van der Waals surface area (Å²) in [5.74, 6) is -1.20. The lowest BCUT2D eigenvalue weighted by Crippen LogP contribution is -2.38. The Bertz CT molecular complexity index is 772. The summed E-state index contributed by atoms with van der Waals surface area (Å²) in [6.45, 7) is 0. The minimum atomic E-state index is -0.307. The van der Waals surface area contributed by atoms with Gasteiger partial charge >= 0.3 is 0 Å². The summed E-state index contributed by atoms with van der Waals surface area (Å²) >= 11 is 3.15. The number of hydrogen-bond acceptors (Lipinski definition) is 5. The van der Waals surface area contributed by atoms with Crippen molar-refractivity contribution in [3.8, 4) is 11.5 Å². The van der Waals surface area contributed by atoms with Crippen LogP contribution in [-0.2, 0) is 9.59 Å². The number of allylic oxidation sites excluding steroid dienone is 2. The van der Waals surface area contributed by atoms with E-state index in [2.05, 4.69) is 33.2 Å². The van der Waals surface area contributed by atoms with Gasteiger partial charge < -0.3 is 10.2 Å². The van der Waals surface area contributed by atoms with Gasteiger partial charge in [0.1, 0.15) is 11.5 Å². The monoisotopic (exact) mass is 390 g/mol. The van der Waals surface area contributed by atoms with Gasteiger partial charge in [0.05, 0.1) is 22.5 Å². The van der Waals surface area contributed by atoms with E-state index in [1.165, 1.54) is 18.3 Å². The van der Waals surface area contributed by atoms with Crippen molar-refractivity contribution < 1.29 is 19.8 Å². The maximum Gasteiger partial charge on any atom is 0.254 e. The smallest absolute Gasteiger partial charge is 0.254 e. The summed E-state index contributed by atoms with van der Waals surface area (Å²) in [6, 6.07) is 2.64. The molecule has 3 aliphatic carbocycles. The van der Waals surface area contributed by atoms with Crippen LogP contribution in [0, 0.1) is 23.7 Å². The number of carbonyl (C=O) groups is 2.